The summed E-state index contributed by atoms with van der Waals surface area (Å²) in [6.07, 6.45) is 72.9. The van der Waals surface area contributed by atoms with Crippen molar-refractivity contribution in [2.45, 2.75) is 329 Å². The Labute approximate surface area is 435 Å². The topological polar surface area (TPSA) is 78.9 Å². The molecule has 0 aromatic carbocycles. The Morgan fingerprint density at radius 2 is 0.557 bits per heavy atom. The average Bonchev–Trinajstić information content (AvgIpc) is 3.36. The van der Waals surface area contributed by atoms with Crippen molar-refractivity contribution in [3.8, 4) is 0 Å². The molecule has 0 bridgehead atoms. The molecule has 0 amide bonds. The number of carbonyl (C=O) groups excluding carboxylic acids is 3. The molecule has 0 rings (SSSR count). The third-order valence-electron chi connectivity index (χ3n) is 13.6. The summed E-state index contributed by atoms with van der Waals surface area (Å²) < 4.78 is 16.8. The molecule has 1 atom stereocenters. The van der Waals surface area contributed by atoms with Crippen molar-refractivity contribution in [3.05, 3.63) is 48.6 Å². The molecule has 0 fully saturated rings. The van der Waals surface area contributed by atoms with Gasteiger partial charge in [0.05, 0.1) is 0 Å². The highest BCUT2D eigenvalue weighted by Gasteiger charge is 2.19. The SMILES string of the molecule is CC/C=C\C/C=C\C/C=C\C/C=C\CCC(=O)OC(COC(=O)CCCCCCCCCCCCCCC)COC(=O)CCCCCCCCCCCCCCCCCCCCCCCCCCCC. The lowest BCUT2D eigenvalue weighted by atomic mass is 10.0. The first-order chi connectivity index (χ1) is 34.5. The lowest BCUT2D eigenvalue weighted by molar-refractivity contribution is -0.166. The van der Waals surface area contributed by atoms with Crippen LogP contribution in [0.1, 0.15) is 323 Å². The van der Waals surface area contributed by atoms with Crippen LogP contribution in [0.15, 0.2) is 48.6 Å². The van der Waals surface area contributed by atoms with Gasteiger partial charge in [0, 0.05) is 19.3 Å². The molecule has 0 aromatic heterocycles. The molecule has 0 aliphatic carbocycles. The summed E-state index contributed by atoms with van der Waals surface area (Å²) in [6.45, 7) is 6.51. The van der Waals surface area contributed by atoms with Crippen LogP contribution in [-0.4, -0.2) is 37.2 Å². The first kappa shape index (κ1) is 67.4. The molecule has 6 heteroatoms. The molecule has 0 aliphatic rings. The van der Waals surface area contributed by atoms with Crippen molar-refractivity contribution < 1.29 is 28.6 Å². The monoisotopic (exact) mass is 981 g/mol. The Hall–Kier alpha value is -2.63. The van der Waals surface area contributed by atoms with Gasteiger partial charge >= 0.3 is 17.9 Å². The largest absolute Gasteiger partial charge is 0.462 e. The summed E-state index contributed by atoms with van der Waals surface area (Å²) in [5.41, 5.74) is 0. The van der Waals surface area contributed by atoms with Gasteiger partial charge in [-0.05, 0) is 44.9 Å². The Kier molecular flexibility index (Phi) is 56.7. The zero-order valence-corrected chi connectivity index (χ0v) is 46.8. The quantitative estimate of drug-likeness (QED) is 0.0261. The molecule has 0 N–H and O–H groups in total. The molecule has 0 saturated carbocycles. The molecule has 1 unspecified atom stereocenters. The third kappa shape index (κ3) is 56.3. The van der Waals surface area contributed by atoms with Gasteiger partial charge in [-0.25, -0.2) is 0 Å². The minimum atomic E-state index is -0.807. The first-order valence-corrected chi connectivity index (χ1v) is 30.6. The van der Waals surface area contributed by atoms with Gasteiger partial charge in [0.25, 0.3) is 0 Å². The van der Waals surface area contributed by atoms with Crippen LogP contribution < -0.4 is 0 Å². The van der Waals surface area contributed by atoms with Crippen molar-refractivity contribution >= 4 is 17.9 Å². The second kappa shape index (κ2) is 58.9. The predicted octanol–water partition coefficient (Wildman–Crippen LogP) is 20.6. The zero-order valence-electron chi connectivity index (χ0n) is 46.8. The van der Waals surface area contributed by atoms with Crippen LogP contribution in [0.4, 0.5) is 0 Å². The number of rotatable bonds is 56. The van der Waals surface area contributed by atoms with Crippen LogP contribution in [0.25, 0.3) is 0 Å². The number of hydrogen-bond acceptors (Lipinski definition) is 6. The maximum Gasteiger partial charge on any atom is 0.306 e. The van der Waals surface area contributed by atoms with E-state index in [2.05, 4.69) is 63.3 Å². The van der Waals surface area contributed by atoms with Gasteiger partial charge < -0.3 is 14.2 Å². The minimum Gasteiger partial charge on any atom is -0.462 e. The Morgan fingerprint density at radius 3 is 0.843 bits per heavy atom. The van der Waals surface area contributed by atoms with Crippen LogP contribution in [0.2, 0.25) is 0 Å². The lowest BCUT2D eigenvalue weighted by Crippen LogP contribution is -2.30. The van der Waals surface area contributed by atoms with Gasteiger partial charge in [-0.3, -0.25) is 14.4 Å². The number of esters is 3. The number of ether oxygens (including phenoxy) is 3. The smallest absolute Gasteiger partial charge is 0.306 e. The van der Waals surface area contributed by atoms with Crippen LogP contribution in [0, 0.1) is 0 Å². The summed E-state index contributed by atoms with van der Waals surface area (Å²) >= 11 is 0. The maximum atomic E-state index is 12.8. The molecule has 0 aliphatic heterocycles. The van der Waals surface area contributed by atoms with E-state index in [0.717, 1.165) is 64.2 Å². The number of unbranched alkanes of at least 4 members (excludes halogenated alkanes) is 37. The molecule has 408 valence electrons. The molecule has 70 heavy (non-hydrogen) atoms. The summed E-state index contributed by atoms with van der Waals surface area (Å²) in [6, 6.07) is 0. The van der Waals surface area contributed by atoms with Crippen LogP contribution in [0.3, 0.4) is 0 Å². The molecule has 0 radical (unpaired) electrons. The van der Waals surface area contributed by atoms with Crippen LogP contribution in [0.5, 0.6) is 0 Å². The average molecular weight is 982 g/mol. The van der Waals surface area contributed by atoms with Gasteiger partial charge in [0.1, 0.15) is 13.2 Å². The van der Waals surface area contributed by atoms with E-state index in [1.165, 1.54) is 212 Å². The van der Waals surface area contributed by atoms with E-state index in [1.54, 1.807) is 0 Å². The fourth-order valence-corrected chi connectivity index (χ4v) is 9.05. The first-order valence-electron chi connectivity index (χ1n) is 30.6. The van der Waals surface area contributed by atoms with Crippen molar-refractivity contribution in [3.63, 3.8) is 0 Å². The molecule has 0 aromatic rings. The van der Waals surface area contributed by atoms with Crippen molar-refractivity contribution in [1.29, 1.82) is 0 Å². The highest BCUT2D eigenvalue weighted by molar-refractivity contribution is 5.71. The van der Waals surface area contributed by atoms with E-state index >= 15 is 0 Å². The van der Waals surface area contributed by atoms with Crippen molar-refractivity contribution in [2.24, 2.45) is 0 Å². The molecule has 6 nitrogen and oxygen atoms in total. The molecule has 0 heterocycles. The van der Waals surface area contributed by atoms with E-state index in [0.29, 0.717) is 19.3 Å². The molecule has 0 spiro atoms. The number of hydrogen-bond donors (Lipinski definition) is 0. The summed E-state index contributed by atoms with van der Waals surface area (Å²) in [7, 11) is 0. The van der Waals surface area contributed by atoms with Gasteiger partial charge in [-0.2, -0.15) is 0 Å². The van der Waals surface area contributed by atoms with Crippen molar-refractivity contribution in [1.82, 2.24) is 0 Å². The fourth-order valence-electron chi connectivity index (χ4n) is 9.05. The van der Waals surface area contributed by atoms with Crippen LogP contribution in [-0.2, 0) is 28.6 Å². The van der Waals surface area contributed by atoms with Gasteiger partial charge in [0.15, 0.2) is 6.10 Å². The van der Waals surface area contributed by atoms with Gasteiger partial charge in [-0.1, -0.05) is 307 Å². The van der Waals surface area contributed by atoms with E-state index < -0.39 is 6.10 Å². The van der Waals surface area contributed by atoms with Gasteiger partial charge in [0.2, 0.25) is 0 Å². The fraction of sp³-hybridized carbons (Fsp3) is 0.828. The summed E-state index contributed by atoms with van der Waals surface area (Å²) in [4.78, 5) is 38.1. The van der Waals surface area contributed by atoms with Crippen molar-refractivity contribution in [2.75, 3.05) is 13.2 Å². The third-order valence-corrected chi connectivity index (χ3v) is 13.6. The zero-order chi connectivity index (χ0) is 50.7. The predicted molar refractivity (Wildman–Crippen MR) is 302 cm³/mol. The standard InChI is InChI=1S/C64H116O6/c1-4-7-10-13-16-19-22-25-26-27-28-29-30-31-32-33-34-35-36-37-40-42-45-48-51-54-57-63(66)69-60-61(70-64(67)58-55-52-49-46-43-39-24-21-18-15-12-9-6-3)59-68-62(65)56-53-50-47-44-41-38-23-20-17-14-11-8-5-2/h9,12,18,21,39,43,49,52,61H,4-8,10-11,13-17,19-20,22-38,40-42,44-48,50-51,53-60H2,1-3H3/b12-9-,21-18-,43-39-,52-49-. The summed E-state index contributed by atoms with van der Waals surface area (Å²) in [5.74, 6) is -0.962. The highest BCUT2D eigenvalue weighted by atomic mass is 16.6. The Morgan fingerprint density at radius 1 is 0.300 bits per heavy atom. The lowest BCUT2D eigenvalue weighted by Gasteiger charge is -2.18. The minimum absolute atomic E-state index is 0.0972. The Bertz CT molecular complexity index is 1220. The van der Waals surface area contributed by atoms with E-state index in [9.17, 15) is 14.4 Å². The normalized spacial score (nSPS) is 12.3. The van der Waals surface area contributed by atoms with E-state index in [1.807, 2.05) is 6.08 Å². The van der Waals surface area contributed by atoms with Crippen LogP contribution >= 0.6 is 0 Å². The maximum absolute atomic E-state index is 12.8. The second-order valence-electron chi connectivity index (χ2n) is 20.6. The molecular formula is C64H116O6. The van der Waals surface area contributed by atoms with Gasteiger partial charge in [-0.15, -0.1) is 0 Å². The molecule has 0 saturated heterocycles. The number of carbonyl (C=O) groups is 3. The Balaban J connectivity index is 4.21. The van der Waals surface area contributed by atoms with E-state index in [-0.39, 0.29) is 37.5 Å². The second-order valence-corrected chi connectivity index (χ2v) is 20.6. The highest BCUT2D eigenvalue weighted by Crippen LogP contribution is 2.18. The molecular weight excluding hydrogens is 865 g/mol. The van der Waals surface area contributed by atoms with E-state index in [4.69, 9.17) is 14.2 Å². The number of allylic oxidation sites excluding steroid dienone is 8. The summed E-state index contributed by atoms with van der Waals surface area (Å²) in [5, 5.41) is 0.